The lowest BCUT2D eigenvalue weighted by atomic mass is 9.93. The van der Waals surface area contributed by atoms with Gasteiger partial charge in [0.2, 0.25) is 0 Å². The molecule has 0 aliphatic carbocycles. The maximum Gasteiger partial charge on any atom is 0.256 e. The summed E-state index contributed by atoms with van der Waals surface area (Å²) in [4.78, 5) is 31.8. The van der Waals surface area contributed by atoms with Gasteiger partial charge in [0.25, 0.3) is 11.8 Å². The number of aromatic nitrogens is 1. The third-order valence-corrected chi connectivity index (χ3v) is 8.60. The molecule has 6 nitrogen and oxygen atoms in total. The molecule has 0 fully saturated rings. The number of aryl methyl sites for hydroxylation is 2. The van der Waals surface area contributed by atoms with Gasteiger partial charge in [-0.15, -0.1) is 12.4 Å². The van der Waals surface area contributed by atoms with E-state index in [1.807, 2.05) is 76.0 Å². The van der Waals surface area contributed by atoms with Crippen LogP contribution >= 0.6 is 12.4 Å². The van der Waals surface area contributed by atoms with Crippen molar-refractivity contribution in [3.63, 3.8) is 0 Å². The van der Waals surface area contributed by atoms with E-state index >= 15 is 0 Å². The third kappa shape index (κ3) is 7.61. The molecule has 3 aromatic carbocycles. The van der Waals surface area contributed by atoms with Crippen molar-refractivity contribution in [1.29, 1.82) is 0 Å². The number of halogens is 1. The Morgan fingerprint density at radius 2 is 1.57 bits per heavy atom. The molecule has 1 aromatic heterocycles. The van der Waals surface area contributed by atoms with Crippen molar-refractivity contribution >= 4 is 24.2 Å². The quantitative estimate of drug-likeness (QED) is 0.175. The van der Waals surface area contributed by atoms with Crippen molar-refractivity contribution in [2.75, 3.05) is 19.6 Å². The van der Waals surface area contributed by atoms with Crippen LogP contribution in [0.2, 0.25) is 0 Å². The van der Waals surface area contributed by atoms with Crippen molar-refractivity contribution in [2.24, 2.45) is 5.73 Å². The Morgan fingerprint density at radius 1 is 0.886 bits per heavy atom. The van der Waals surface area contributed by atoms with Crippen LogP contribution in [0.15, 0.2) is 91.1 Å². The Kier molecular flexibility index (Phi) is 11.8. The summed E-state index contributed by atoms with van der Waals surface area (Å²) < 4.78 is 1.99. The summed E-state index contributed by atoms with van der Waals surface area (Å²) in [5.74, 6) is 0.0131. The zero-order chi connectivity index (χ0) is 30.2. The van der Waals surface area contributed by atoms with E-state index in [1.54, 1.807) is 0 Å². The molecule has 4 aromatic rings. The number of unbranched alkanes of at least 4 members (excludes halogenated alkanes) is 2. The number of para-hydroxylation sites is 1. The highest BCUT2D eigenvalue weighted by Crippen LogP contribution is 2.28. The van der Waals surface area contributed by atoms with Gasteiger partial charge in [0.05, 0.1) is 16.8 Å². The molecule has 232 valence electrons. The van der Waals surface area contributed by atoms with Crippen molar-refractivity contribution in [2.45, 2.75) is 65.0 Å². The van der Waals surface area contributed by atoms with Gasteiger partial charge < -0.3 is 20.1 Å². The number of carbonyl (C=O) groups excluding carboxylic acids is 2. The molecule has 0 saturated carbocycles. The fourth-order valence-corrected chi connectivity index (χ4v) is 6.13. The molecule has 0 unspecified atom stereocenters. The van der Waals surface area contributed by atoms with E-state index in [9.17, 15) is 9.59 Å². The number of nitrogens with zero attached hydrogens (tertiary/aromatic N) is 3. The summed E-state index contributed by atoms with van der Waals surface area (Å²) in [5.41, 5.74) is 12.9. The highest BCUT2D eigenvalue weighted by molar-refractivity contribution is 5.99. The van der Waals surface area contributed by atoms with Gasteiger partial charge in [-0.05, 0) is 73.9 Å². The summed E-state index contributed by atoms with van der Waals surface area (Å²) in [5, 5.41) is 0. The molecule has 7 heteroatoms. The number of carbonyl (C=O) groups is 2. The Hall–Kier alpha value is -3.87. The molecule has 2 heterocycles. The summed E-state index contributed by atoms with van der Waals surface area (Å²) in [7, 11) is 0. The van der Waals surface area contributed by atoms with Gasteiger partial charge in [-0.3, -0.25) is 9.59 Å². The molecular formula is C37H45ClN4O2. The number of hydrogen-bond donors (Lipinski definition) is 1. The summed E-state index contributed by atoms with van der Waals surface area (Å²) >= 11 is 0. The highest BCUT2D eigenvalue weighted by Gasteiger charge is 2.31. The summed E-state index contributed by atoms with van der Waals surface area (Å²) in [6, 6.07) is 28.4. The standard InChI is InChI=1S/C37H44N4O2.ClH/c1-3-4-21-39(22-13-12-16-29-14-6-5-7-15-29)36(42)32-23-28(2)40(27-32)35-20-11-10-19-34(35)37(43)41-26-31-18-9-8-17-30(31)24-33(41)25-38;/h5-11,14-15,17-20,23,27,33H,3-4,12-13,16,21-22,24-26,38H2,1-2H3;1H/t33-;/m0./s1. The van der Waals surface area contributed by atoms with Gasteiger partial charge in [0.15, 0.2) is 0 Å². The Morgan fingerprint density at radius 3 is 2.32 bits per heavy atom. The van der Waals surface area contributed by atoms with E-state index in [0.29, 0.717) is 24.2 Å². The first-order valence-corrected chi connectivity index (χ1v) is 15.7. The monoisotopic (exact) mass is 612 g/mol. The molecule has 0 radical (unpaired) electrons. The Labute approximate surface area is 268 Å². The van der Waals surface area contributed by atoms with E-state index in [1.165, 1.54) is 16.7 Å². The molecule has 44 heavy (non-hydrogen) atoms. The topological polar surface area (TPSA) is 71.6 Å². The molecule has 1 aliphatic rings. The second-order valence-corrected chi connectivity index (χ2v) is 11.6. The molecule has 5 rings (SSSR count). The van der Waals surface area contributed by atoms with Crippen LogP contribution in [-0.4, -0.2) is 51.9 Å². The van der Waals surface area contributed by atoms with Crippen LogP contribution in [0, 0.1) is 6.92 Å². The van der Waals surface area contributed by atoms with Gasteiger partial charge in [-0.25, -0.2) is 0 Å². The molecular weight excluding hydrogens is 568 g/mol. The van der Waals surface area contributed by atoms with Crippen molar-refractivity contribution < 1.29 is 9.59 Å². The number of benzene rings is 3. The molecule has 2 N–H and O–H groups in total. The smallest absolute Gasteiger partial charge is 0.256 e. The van der Waals surface area contributed by atoms with Gasteiger partial charge in [0.1, 0.15) is 0 Å². The molecule has 0 bridgehead atoms. The van der Waals surface area contributed by atoms with E-state index in [4.69, 9.17) is 5.73 Å². The van der Waals surface area contributed by atoms with Crippen LogP contribution in [0.1, 0.15) is 75.7 Å². The average Bonchev–Trinajstić information content (AvgIpc) is 3.44. The highest BCUT2D eigenvalue weighted by atomic mass is 35.5. The van der Waals surface area contributed by atoms with E-state index in [0.717, 1.165) is 63.0 Å². The van der Waals surface area contributed by atoms with Gasteiger partial charge in [-0.1, -0.05) is 80.1 Å². The predicted molar refractivity (Wildman–Crippen MR) is 181 cm³/mol. The van der Waals surface area contributed by atoms with Crippen LogP contribution in [-0.2, 0) is 19.4 Å². The lowest BCUT2D eigenvalue weighted by molar-refractivity contribution is 0.0647. The second kappa shape index (κ2) is 15.7. The normalized spacial score (nSPS) is 14.1. The van der Waals surface area contributed by atoms with E-state index in [-0.39, 0.29) is 30.3 Å². The van der Waals surface area contributed by atoms with E-state index in [2.05, 4.69) is 43.3 Å². The lowest BCUT2D eigenvalue weighted by Gasteiger charge is -2.36. The van der Waals surface area contributed by atoms with Gasteiger partial charge in [0, 0.05) is 44.1 Å². The third-order valence-electron chi connectivity index (χ3n) is 8.60. The second-order valence-electron chi connectivity index (χ2n) is 11.6. The summed E-state index contributed by atoms with van der Waals surface area (Å²) in [6.07, 6.45) is 7.68. The zero-order valence-corrected chi connectivity index (χ0v) is 26.8. The fraction of sp³-hybridized carbons (Fsp3) is 0.351. The minimum atomic E-state index is -0.0626. The van der Waals surface area contributed by atoms with E-state index < -0.39 is 0 Å². The van der Waals surface area contributed by atoms with Crippen LogP contribution in [0.4, 0.5) is 0 Å². The summed E-state index contributed by atoms with van der Waals surface area (Å²) in [6.45, 7) is 6.58. The number of fused-ring (bicyclic) bond motifs is 1. The van der Waals surface area contributed by atoms with Gasteiger partial charge >= 0.3 is 0 Å². The van der Waals surface area contributed by atoms with Crippen molar-refractivity contribution in [3.8, 4) is 5.69 Å². The average molecular weight is 613 g/mol. The molecule has 0 spiro atoms. The van der Waals surface area contributed by atoms with Crippen molar-refractivity contribution in [3.05, 3.63) is 125 Å². The predicted octanol–water partition coefficient (Wildman–Crippen LogP) is 7.00. The van der Waals surface area contributed by atoms with Crippen LogP contribution in [0.3, 0.4) is 0 Å². The maximum absolute atomic E-state index is 14.1. The molecule has 1 atom stereocenters. The van der Waals surface area contributed by atoms with Gasteiger partial charge in [-0.2, -0.15) is 0 Å². The Balaban J connectivity index is 0.00000442. The minimum Gasteiger partial charge on any atom is -0.339 e. The van der Waals surface area contributed by atoms with Crippen LogP contribution in [0.25, 0.3) is 5.69 Å². The first-order chi connectivity index (χ1) is 21.0. The minimum absolute atomic E-state index is 0. The zero-order valence-electron chi connectivity index (χ0n) is 26.0. The lowest BCUT2D eigenvalue weighted by Crippen LogP contribution is -2.48. The number of rotatable bonds is 12. The molecule has 2 amide bonds. The van der Waals surface area contributed by atoms with Crippen LogP contribution < -0.4 is 5.73 Å². The largest absolute Gasteiger partial charge is 0.339 e. The first kappa shape index (κ1) is 33.0. The number of amides is 2. The number of nitrogens with two attached hydrogens (primary N) is 1. The number of hydrogen-bond acceptors (Lipinski definition) is 3. The Bertz CT molecular complexity index is 1530. The SMILES string of the molecule is CCCCN(CCCCc1ccccc1)C(=O)c1cc(C)n(-c2ccccc2C(=O)N2Cc3ccccc3C[C@H]2CN)c1.Cl. The van der Waals surface area contributed by atoms with Crippen molar-refractivity contribution in [1.82, 2.24) is 14.4 Å². The fourth-order valence-electron chi connectivity index (χ4n) is 6.13. The molecule has 0 saturated heterocycles. The first-order valence-electron chi connectivity index (χ1n) is 15.7. The van der Waals surface area contributed by atoms with Crippen LogP contribution in [0.5, 0.6) is 0 Å². The molecule has 1 aliphatic heterocycles. The maximum atomic E-state index is 14.1.